The summed E-state index contributed by atoms with van der Waals surface area (Å²) in [5, 5.41) is 9.03. The minimum Gasteiger partial charge on any atom is -0.398 e. The van der Waals surface area contributed by atoms with Gasteiger partial charge in [-0.25, -0.2) is 0 Å². The van der Waals surface area contributed by atoms with Crippen LogP contribution in [-0.4, -0.2) is 4.57 Å². The van der Waals surface area contributed by atoms with Gasteiger partial charge in [0, 0.05) is 22.4 Å². The van der Waals surface area contributed by atoms with Gasteiger partial charge in [0.25, 0.3) is 0 Å². The molecule has 8 rings (SSSR count). The summed E-state index contributed by atoms with van der Waals surface area (Å²) in [7, 11) is 0. The Morgan fingerprint density at radius 2 is 1.62 bits per heavy atom. The predicted octanol–water partition coefficient (Wildman–Crippen LogP) is 10.1. The van der Waals surface area contributed by atoms with Crippen molar-refractivity contribution in [1.29, 1.82) is 0 Å². The van der Waals surface area contributed by atoms with Crippen molar-refractivity contribution >= 4 is 43.8 Å². The van der Waals surface area contributed by atoms with Crippen molar-refractivity contribution in [1.82, 2.24) is 9.88 Å². The Balaban J connectivity index is 1.25. The molecule has 6 aromatic rings. The lowest BCUT2D eigenvalue weighted by Crippen LogP contribution is -2.25. The smallest absolute Gasteiger partial charge is 0.0739 e. The van der Waals surface area contributed by atoms with Crippen LogP contribution in [0.2, 0.25) is 0 Å². The van der Waals surface area contributed by atoms with Gasteiger partial charge in [0.2, 0.25) is 0 Å². The fourth-order valence-electron chi connectivity index (χ4n) is 7.29. The lowest BCUT2D eigenvalue weighted by molar-refractivity contribution is 0.527. The zero-order chi connectivity index (χ0) is 30.2. The molecule has 0 bridgehead atoms. The molecule has 0 amide bonds. The maximum absolute atomic E-state index is 6.53. The Morgan fingerprint density at radius 1 is 0.800 bits per heavy atom. The fourth-order valence-corrected chi connectivity index (χ4v) is 7.29. The van der Waals surface area contributed by atoms with E-state index in [1.807, 2.05) is 12.1 Å². The number of nitrogens with zero attached hydrogens (tertiary/aromatic N) is 1. The number of rotatable bonds is 7. The van der Waals surface area contributed by atoms with Crippen molar-refractivity contribution < 1.29 is 0 Å². The molecule has 0 radical (unpaired) electrons. The van der Waals surface area contributed by atoms with Crippen LogP contribution < -0.4 is 11.1 Å². The average Bonchev–Trinajstić information content (AvgIpc) is 3.43. The summed E-state index contributed by atoms with van der Waals surface area (Å²) in [6.45, 7) is 0.637. The van der Waals surface area contributed by atoms with Gasteiger partial charge in [-0.1, -0.05) is 127 Å². The standard InChI is InChI=1S/C42H37N3/c43-38-21-10-9-20-36(38)42(31-15-5-2-6-16-31)44-28-45-39-24-23-34(33-18-11-17-32(26-33)29-12-3-1-4-13-29)27-37(39)41-35-19-8-7-14-30(35)22-25-40(41)45/h1-3,5-12,14-16,18-27,32,42,44H,4,13,17,28,43H2. The maximum Gasteiger partial charge on any atom is 0.0739 e. The quantitative estimate of drug-likeness (QED) is 0.184. The molecular weight excluding hydrogens is 546 g/mol. The number of fused-ring (bicyclic) bond motifs is 5. The van der Waals surface area contributed by atoms with Crippen LogP contribution in [0.5, 0.6) is 0 Å². The van der Waals surface area contributed by atoms with E-state index in [0.717, 1.165) is 30.5 Å². The number of benzene rings is 5. The van der Waals surface area contributed by atoms with Crippen molar-refractivity contribution in [3.63, 3.8) is 0 Å². The Labute approximate surface area is 264 Å². The van der Waals surface area contributed by atoms with Crippen molar-refractivity contribution in [2.45, 2.75) is 32.0 Å². The van der Waals surface area contributed by atoms with Gasteiger partial charge in [0.05, 0.1) is 23.7 Å². The molecule has 2 aliphatic rings. The number of nitrogens with two attached hydrogens (primary N) is 1. The second-order valence-corrected chi connectivity index (χ2v) is 12.3. The van der Waals surface area contributed by atoms with Crippen molar-refractivity contribution in [3.05, 3.63) is 168 Å². The zero-order valence-electron chi connectivity index (χ0n) is 25.4. The highest BCUT2D eigenvalue weighted by atomic mass is 15.1. The highest BCUT2D eigenvalue weighted by Gasteiger charge is 2.20. The molecule has 2 unspecified atom stereocenters. The minimum atomic E-state index is -0.0435. The number of para-hydroxylation sites is 1. The highest BCUT2D eigenvalue weighted by Crippen LogP contribution is 2.38. The molecule has 0 saturated carbocycles. The number of anilines is 1. The summed E-state index contributed by atoms with van der Waals surface area (Å²) in [6, 6.07) is 39.1. The van der Waals surface area contributed by atoms with E-state index in [-0.39, 0.29) is 6.04 Å². The van der Waals surface area contributed by atoms with E-state index in [1.54, 1.807) is 5.57 Å². The number of allylic oxidation sites excluding steroid dienone is 8. The third-order valence-electron chi connectivity index (χ3n) is 9.57. The van der Waals surface area contributed by atoms with Crippen molar-refractivity contribution in [2.75, 3.05) is 5.73 Å². The van der Waals surface area contributed by atoms with E-state index >= 15 is 0 Å². The first-order valence-electron chi connectivity index (χ1n) is 16.1. The number of nitrogens with one attached hydrogen (secondary N) is 1. The molecule has 5 aromatic carbocycles. The van der Waals surface area contributed by atoms with E-state index in [1.165, 1.54) is 49.3 Å². The molecule has 3 heteroatoms. The van der Waals surface area contributed by atoms with E-state index in [9.17, 15) is 0 Å². The molecule has 45 heavy (non-hydrogen) atoms. The van der Waals surface area contributed by atoms with Crippen LogP contribution in [0.15, 0.2) is 151 Å². The van der Waals surface area contributed by atoms with Crippen LogP contribution in [-0.2, 0) is 6.67 Å². The monoisotopic (exact) mass is 583 g/mol. The molecule has 2 aliphatic carbocycles. The van der Waals surface area contributed by atoms with Gasteiger partial charge in [-0.15, -0.1) is 0 Å². The lowest BCUT2D eigenvalue weighted by Gasteiger charge is -2.23. The molecular formula is C42H37N3. The molecule has 0 aliphatic heterocycles. The Kier molecular flexibility index (Phi) is 7.17. The van der Waals surface area contributed by atoms with Crippen LogP contribution in [0.4, 0.5) is 5.69 Å². The SMILES string of the molecule is Nc1ccccc1C(NCn1c2ccc(C3=CC(C4=CC=CCC4)CC=C3)cc2c2c3ccccc3ccc21)c1ccccc1. The molecule has 0 fully saturated rings. The molecule has 3 N–H and O–H groups in total. The highest BCUT2D eigenvalue weighted by molar-refractivity contribution is 6.21. The van der Waals surface area contributed by atoms with Gasteiger partial charge < -0.3 is 10.3 Å². The fraction of sp³-hybridized carbons (Fsp3) is 0.143. The minimum absolute atomic E-state index is 0.0435. The summed E-state index contributed by atoms with van der Waals surface area (Å²) in [6.07, 6.45) is 17.3. The first-order valence-corrected chi connectivity index (χ1v) is 16.1. The summed E-state index contributed by atoms with van der Waals surface area (Å²) in [4.78, 5) is 0. The zero-order valence-corrected chi connectivity index (χ0v) is 25.4. The first kappa shape index (κ1) is 27.4. The van der Waals surface area contributed by atoms with Crippen molar-refractivity contribution in [3.8, 4) is 0 Å². The maximum atomic E-state index is 6.53. The number of aromatic nitrogens is 1. The normalized spacial score (nSPS) is 17.1. The van der Waals surface area contributed by atoms with Crippen LogP contribution in [0.1, 0.15) is 42.0 Å². The molecule has 1 aromatic heterocycles. The van der Waals surface area contributed by atoms with Gasteiger partial charge in [-0.05, 0) is 76.6 Å². The Hall–Kier alpha value is -5.12. The molecule has 1 heterocycles. The second kappa shape index (κ2) is 11.8. The van der Waals surface area contributed by atoms with Crippen LogP contribution in [0.3, 0.4) is 0 Å². The van der Waals surface area contributed by atoms with Crippen LogP contribution >= 0.6 is 0 Å². The average molecular weight is 584 g/mol. The second-order valence-electron chi connectivity index (χ2n) is 12.3. The van der Waals surface area contributed by atoms with Crippen molar-refractivity contribution in [2.24, 2.45) is 5.92 Å². The lowest BCUT2D eigenvalue weighted by atomic mass is 9.84. The number of hydrogen-bond acceptors (Lipinski definition) is 2. The summed E-state index contributed by atoms with van der Waals surface area (Å²) in [5.41, 5.74) is 16.2. The first-order chi connectivity index (χ1) is 22.2. The largest absolute Gasteiger partial charge is 0.398 e. The Bertz CT molecular complexity index is 2160. The topological polar surface area (TPSA) is 43.0 Å². The van der Waals surface area contributed by atoms with E-state index in [4.69, 9.17) is 5.73 Å². The van der Waals surface area contributed by atoms with Gasteiger partial charge >= 0.3 is 0 Å². The van der Waals surface area contributed by atoms with E-state index < -0.39 is 0 Å². The molecule has 2 atom stereocenters. The van der Waals surface area contributed by atoms with E-state index in [2.05, 4.69) is 143 Å². The Morgan fingerprint density at radius 3 is 2.49 bits per heavy atom. The summed E-state index contributed by atoms with van der Waals surface area (Å²) < 4.78 is 2.43. The van der Waals surface area contributed by atoms with E-state index in [0.29, 0.717) is 12.6 Å². The molecule has 0 saturated heterocycles. The summed E-state index contributed by atoms with van der Waals surface area (Å²) in [5.74, 6) is 0.470. The van der Waals surface area contributed by atoms with Gasteiger partial charge in [0.15, 0.2) is 0 Å². The van der Waals surface area contributed by atoms with Gasteiger partial charge in [0.1, 0.15) is 0 Å². The number of nitrogen functional groups attached to an aromatic ring is 1. The number of hydrogen-bond donors (Lipinski definition) is 2. The predicted molar refractivity (Wildman–Crippen MR) is 191 cm³/mol. The van der Waals surface area contributed by atoms with Gasteiger partial charge in [-0.3, -0.25) is 5.32 Å². The molecule has 3 nitrogen and oxygen atoms in total. The summed E-state index contributed by atoms with van der Waals surface area (Å²) >= 11 is 0. The molecule has 220 valence electrons. The molecule has 0 spiro atoms. The van der Waals surface area contributed by atoms with Crippen LogP contribution in [0.25, 0.3) is 38.2 Å². The van der Waals surface area contributed by atoms with Gasteiger partial charge in [-0.2, -0.15) is 0 Å². The van der Waals surface area contributed by atoms with Crippen LogP contribution in [0, 0.1) is 5.92 Å². The third kappa shape index (κ3) is 5.09. The third-order valence-corrected chi connectivity index (χ3v) is 9.57.